The number of halogens is 3. The number of amides is 1. The van der Waals surface area contributed by atoms with Crippen molar-refractivity contribution in [3.63, 3.8) is 0 Å². The van der Waals surface area contributed by atoms with Crippen LogP contribution >= 0.6 is 0 Å². The molecule has 134 valence electrons. The first kappa shape index (κ1) is 17.5. The van der Waals surface area contributed by atoms with E-state index in [1.807, 2.05) is 6.92 Å². The lowest BCUT2D eigenvalue weighted by Crippen LogP contribution is -2.44. The first-order valence-corrected chi connectivity index (χ1v) is 7.90. The molecule has 2 heterocycles. The predicted octanol–water partition coefficient (Wildman–Crippen LogP) is 3.06. The summed E-state index contributed by atoms with van der Waals surface area (Å²) in [6.07, 6.45) is -3.07. The van der Waals surface area contributed by atoms with E-state index in [1.54, 1.807) is 11.8 Å². The molecule has 1 aromatic heterocycles. The topological polar surface area (TPSA) is 47.4 Å². The number of benzene rings is 1. The zero-order chi connectivity index (χ0) is 18.2. The van der Waals surface area contributed by atoms with Crippen molar-refractivity contribution in [3.05, 3.63) is 47.3 Å². The molecular weight excluding hydrogens is 335 g/mol. The van der Waals surface area contributed by atoms with Gasteiger partial charge < -0.3 is 9.64 Å². The van der Waals surface area contributed by atoms with Crippen molar-refractivity contribution >= 4 is 5.91 Å². The summed E-state index contributed by atoms with van der Waals surface area (Å²) >= 11 is 0. The summed E-state index contributed by atoms with van der Waals surface area (Å²) in [6, 6.07) is 4.87. The summed E-state index contributed by atoms with van der Waals surface area (Å²) < 4.78 is 45.5. The molecule has 0 spiro atoms. The average Bonchev–Trinajstić information content (AvgIpc) is 2.95. The molecule has 1 amide bonds. The van der Waals surface area contributed by atoms with E-state index in [2.05, 4.69) is 5.10 Å². The van der Waals surface area contributed by atoms with Crippen LogP contribution in [-0.4, -0.2) is 46.4 Å². The van der Waals surface area contributed by atoms with Crippen LogP contribution in [0.15, 0.2) is 30.5 Å². The van der Waals surface area contributed by atoms with Crippen LogP contribution < -0.4 is 0 Å². The van der Waals surface area contributed by atoms with Crippen LogP contribution in [0.4, 0.5) is 13.2 Å². The number of aromatic nitrogens is 2. The summed E-state index contributed by atoms with van der Waals surface area (Å²) in [5.41, 5.74) is 0.395. The quantitative estimate of drug-likeness (QED) is 0.834. The van der Waals surface area contributed by atoms with Crippen LogP contribution in [-0.2, 0) is 10.9 Å². The Balaban J connectivity index is 1.90. The third-order valence-electron chi connectivity index (χ3n) is 4.19. The van der Waals surface area contributed by atoms with Gasteiger partial charge in [-0.1, -0.05) is 6.07 Å². The van der Waals surface area contributed by atoms with Crippen LogP contribution in [0.1, 0.15) is 28.5 Å². The molecule has 25 heavy (non-hydrogen) atoms. The van der Waals surface area contributed by atoms with Crippen molar-refractivity contribution in [2.45, 2.75) is 26.1 Å². The number of carbonyl (C=O) groups excluding carboxylic acids is 1. The van der Waals surface area contributed by atoms with Gasteiger partial charge in [0.05, 0.1) is 41.4 Å². The minimum atomic E-state index is -4.43. The molecule has 0 saturated carbocycles. The van der Waals surface area contributed by atoms with Crippen LogP contribution in [0.5, 0.6) is 0 Å². The molecule has 1 atom stereocenters. The van der Waals surface area contributed by atoms with E-state index in [1.165, 1.54) is 23.0 Å². The first-order chi connectivity index (χ1) is 11.8. The summed E-state index contributed by atoms with van der Waals surface area (Å²) in [4.78, 5) is 14.3. The van der Waals surface area contributed by atoms with E-state index in [0.29, 0.717) is 31.0 Å². The second-order valence-corrected chi connectivity index (χ2v) is 6.04. The molecule has 0 bridgehead atoms. The highest BCUT2D eigenvalue weighted by Crippen LogP contribution is 2.30. The summed E-state index contributed by atoms with van der Waals surface area (Å²) in [5.74, 6) is -0.189. The third kappa shape index (κ3) is 3.53. The molecule has 2 aromatic rings. The Hall–Kier alpha value is -2.35. The predicted molar refractivity (Wildman–Crippen MR) is 84.6 cm³/mol. The van der Waals surface area contributed by atoms with Crippen molar-refractivity contribution in [3.8, 4) is 5.69 Å². The monoisotopic (exact) mass is 353 g/mol. The van der Waals surface area contributed by atoms with Crippen molar-refractivity contribution in [1.29, 1.82) is 0 Å². The fraction of sp³-hybridized carbons (Fsp3) is 0.412. The van der Waals surface area contributed by atoms with Gasteiger partial charge in [0.25, 0.3) is 5.91 Å². The molecule has 0 unspecified atom stereocenters. The molecule has 5 nitrogen and oxygen atoms in total. The van der Waals surface area contributed by atoms with Gasteiger partial charge in [0, 0.05) is 13.1 Å². The zero-order valence-corrected chi connectivity index (χ0v) is 13.9. The molecule has 1 aliphatic heterocycles. The molecule has 3 rings (SSSR count). The first-order valence-electron chi connectivity index (χ1n) is 7.90. The second kappa shape index (κ2) is 6.51. The van der Waals surface area contributed by atoms with Crippen molar-refractivity contribution < 1.29 is 22.7 Å². The minimum Gasteiger partial charge on any atom is -0.375 e. The minimum absolute atomic E-state index is 0.0449. The number of hydrogen-bond acceptors (Lipinski definition) is 3. The largest absolute Gasteiger partial charge is 0.416 e. The van der Waals surface area contributed by atoms with Gasteiger partial charge in [0.15, 0.2) is 0 Å². The van der Waals surface area contributed by atoms with E-state index in [4.69, 9.17) is 4.74 Å². The van der Waals surface area contributed by atoms with Gasteiger partial charge in [0.1, 0.15) is 0 Å². The van der Waals surface area contributed by atoms with Gasteiger partial charge in [0.2, 0.25) is 0 Å². The lowest BCUT2D eigenvalue weighted by molar-refractivity contribution is -0.137. The van der Waals surface area contributed by atoms with Crippen LogP contribution in [0.25, 0.3) is 5.69 Å². The Morgan fingerprint density at radius 3 is 2.80 bits per heavy atom. The number of nitrogens with zero attached hydrogens (tertiary/aromatic N) is 3. The number of ether oxygens (including phenoxy) is 1. The van der Waals surface area contributed by atoms with Gasteiger partial charge in [-0.05, 0) is 32.0 Å². The van der Waals surface area contributed by atoms with E-state index in [9.17, 15) is 18.0 Å². The standard InChI is InChI=1S/C17H18F3N3O2/c1-11-10-22(6-7-25-11)16(24)15-9-21-23(12(15)2)14-5-3-4-13(8-14)17(18,19)20/h3-5,8-9,11H,6-7,10H2,1-2H3/t11-/m1/s1. The zero-order valence-electron chi connectivity index (χ0n) is 13.9. The molecule has 1 aromatic carbocycles. The van der Waals surface area contributed by atoms with Gasteiger partial charge >= 0.3 is 6.18 Å². The maximum Gasteiger partial charge on any atom is 0.416 e. The average molecular weight is 353 g/mol. The maximum atomic E-state index is 12.9. The highest BCUT2D eigenvalue weighted by Gasteiger charge is 2.31. The third-order valence-corrected chi connectivity index (χ3v) is 4.19. The molecule has 0 aliphatic carbocycles. The number of morpholine rings is 1. The number of alkyl halides is 3. The van der Waals surface area contributed by atoms with Gasteiger partial charge in [-0.25, -0.2) is 4.68 Å². The summed E-state index contributed by atoms with van der Waals surface area (Å²) in [6.45, 7) is 4.99. The number of rotatable bonds is 2. The Morgan fingerprint density at radius 1 is 1.36 bits per heavy atom. The number of hydrogen-bond donors (Lipinski definition) is 0. The molecular formula is C17H18F3N3O2. The van der Waals surface area contributed by atoms with Gasteiger partial charge in [-0.15, -0.1) is 0 Å². The lowest BCUT2D eigenvalue weighted by atomic mass is 10.1. The maximum absolute atomic E-state index is 12.9. The summed E-state index contributed by atoms with van der Waals surface area (Å²) in [5, 5.41) is 4.11. The molecule has 1 aliphatic rings. The smallest absolute Gasteiger partial charge is 0.375 e. The molecule has 1 fully saturated rings. The summed E-state index contributed by atoms with van der Waals surface area (Å²) in [7, 11) is 0. The van der Waals surface area contributed by atoms with Crippen LogP contribution in [0, 0.1) is 6.92 Å². The van der Waals surface area contributed by atoms with Gasteiger partial charge in [-0.3, -0.25) is 4.79 Å². The van der Waals surface area contributed by atoms with Crippen molar-refractivity contribution in [2.75, 3.05) is 19.7 Å². The fourth-order valence-corrected chi connectivity index (χ4v) is 2.87. The van der Waals surface area contributed by atoms with Crippen molar-refractivity contribution in [2.24, 2.45) is 0 Å². The Morgan fingerprint density at radius 2 is 2.12 bits per heavy atom. The molecule has 0 radical (unpaired) electrons. The van der Waals surface area contributed by atoms with Crippen LogP contribution in [0.3, 0.4) is 0 Å². The van der Waals surface area contributed by atoms with E-state index in [-0.39, 0.29) is 17.7 Å². The highest BCUT2D eigenvalue weighted by atomic mass is 19.4. The fourth-order valence-electron chi connectivity index (χ4n) is 2.87. The Labute approximate surface area is 143 Å². The van der Waals surface area contributed by atoms with E-state index in [0.717, 1.165) is 12.1 Å². The van der Waals surface area contributed by atoms with Crippen LogP contribution in [0.2, 0.25) is 0 Å². The number of carbonyl (C=O) groups is 1. The Bertz CT molecular complexity index is 786. The SMILES string of the molecule is Cc1c(C(=O)N2CCO[C@H](C)C2)cnn1-c1cccc(C(F)(F)F)c1. The normalized spacial score (nSPS) is 18.4. The van der Waals surface area contributed by atoms with Gasteiger partial charge in [-0.2, -0.15) is 18.3 Å². The lowest BCUT2D eigenvalue weighted by Gasteiger charge is -2.31. The second-order valence-electron chi connectivity index (χ2n) is 6.04. The molecule has 0 N–H and O–H groups in total. The van der Waals surface area contributed by atoms with E-state index < -0.39 is 11.7 Å². The highest BCUT2D eigenvalue weighted by molar-refractivity contribution is 5.95. The van der Waals surface area contributed by atoms with Crippen molar-refractivity contribution in [1.82, 2.24) is 14.7 Å². The van der Waals surface area contributed by atoms with E-state index >= 15 is 0 Å². The Kier molecular flexibility index (Phi) is 4.55. The molecule has 8 heteroatoms. The molecule has 1 saturated heterocycles.